The molecule has 0 spiro atoms. The van der Waals surface area contributed by atoms with Crippen molar-refractivity contribution in [3.63, 3.8) is 0 Å². The van der Waals surface area contributed by atoms with E-state index < -0.39 is 0 Å². The highest BCUT2D eigenvalue weighted by Crippen LogP contribution is 2.21. The summed E-state index contributed by atoms with van der Waals surface area (Å²) >= 11 is 5.77. The molecule has 0 unspecified atom stereocenters. The molecule has 0 amide bonds. The summed E-state index contributed by atoms with van der Waals surface area (Å²) in [6.45, 7) is 3.83. The first-order valence-electron chi connectivity index (χ1n) is 5.73. The van der Waals surface area contributed by atoms with Crippen LogP contribution < -0.4 is 4.74 Å². The minimum Gasteiger partial charge on any atom is -0.490 e. The maximum Gasteiger partial charge on any atom is 0.153 e. The van der Waals surface area contributed by atoms with Gasteiger partial charge in [-0.3, -0.25) is 4.79 Å². The molecule has 0 bridgehead atoms. The van der Waals surface area contributed by atoms with Crippen molar-refractivity contribution >= 4 is 17.9 Å². The molecule has 0 fully saturated rings. The van der Waals surface area contributed by atoms with Gasteiger partial charge >= 0.3 is 0 Å². The molecule has 1 rings (SSSR count). The fourth-order valence-corrected chi connectivity index (χ4v) is 1.48. The zero-order valence-corrected chi connectivity index (χ0v) is 10.7. The molecule has 0 heterocycles. The van der Waals surface area contributed by atoms with Crippen LogP contribution in [0.3, 0.4) is 0 Å². The molecule has 0 saturated heterocycles. The lowest BCUT2D eigenvalue weighted by atomic mass is 10.2. The van der Waals surface area contributed by atoms with Crippen LogP contribution in [-0.2, 0) is 4.74 Å². The summed E-state index contributed by atoms with van der Waals surface area (Å²) in [5.74, 6) is 0.545. The third-order valence-corrected chi connectivity index (χ3v) is 2.46. The monoisotopic (exact) mass is 256 g/mol. The molecule has 0 radical (unpaired) electrons. The van der Waals surface area contributed by atoms with Gasteiger partial charge in [-0.1, -0.05) is 24.9 Å². The van der Waals surface area contributed by atoms with E-state index in [2.05, 4.69) is 6.92 Å². The average molecular weight is 257 g/mol. The molecule has 1 aromatic carbocycles. The van der Waals surface area contributed by atoms with E-state index in [0.717, 1.165) is 25.7 Å². The zero-order chi connectivity index (χ0) is 12.5. The standard InChI is InChI=1S/C13H17ClO3/c1-2-3-6-16-7-8-17-13-5-4-12(14)9-11(13)10-15/h4-5,9-10H,2-3,6-8H2,1H3. The van der Waals surface area contributed by atoms with Gasteiger partial charge in [0.05, 0.1) is 12.2 Å². The lowest BCUT2D eigenvalue weighted by molar-refractivity contribution is 0.0969. The Morgan fingerprint density at radius 2 is 2.12 bits per heavy atom. The summed E-state index contributed by atoms with van der Waals surface area (Å²) in [5, 5.41) is 0.527. The van der Waals surface area contributed by atoms with Gasteiger partial charge in [0.2, 0.25) is 0 Å². The number of aldehydes is 1. The van der Waals surface area contributed by atoms with Crippen molar-refractivity contribution in [2.75, 3.05) is 19.8 Å². The number of hydrogen-bond acceptors (Lipinski definition) is 3. The molecule has 3 nitrogen and oxygen atoms in total. The lowest BCUT2D eigenvalue weighted by Gasteiger charge is -2.09. The van der Waals surface area contributed by atoms with Crippen LogP contribution in [0.1, 0.15) is 30.1 Å². The number of benzene rings is 1. The van der Waals surface area contributed by atoms with Crippen molar-refractivity contribution in [1.29, 1.82) is 0 Å². The Balaban J connectivity index is 2.33. The van der Waals surface area contributed by atoms with Crippen LogP contribution in [0, 0.1) is 0 Å². The zero-order valence-electron chi connectivity index (χ0n) is 9.95. The van der Waals surface area contributed by atoms with Gasteiger partial charge in [0.25, 0.3) is 0 Å². The van der Waals surface area contributed by atoms with Gasteiger partial charge in [0, 0.05) is 11.6 Å². The highest BCUT2D eigenvalue weighted by Gasteiger charge is 2.03. The fraction of sp³-hybridized carbons (Fsp3) is 0.462. The first-order valence-corrected chi connectivity index (χ1v) is 6.11. The number of unbranched alkanes of at least 4 members (excludes halogenated alkanes) is 1. The second-order valence-electron chi connectivity index (χ2n) is 3.61. The molecule has 0 aliphatic rings. The van der Waals surface area contributed by atoms with Crippen molar-refractivity contribution in [3.05, 3.63) is 28.8 Å². The minimum absolute atomic E-state index is 0.437. The largest absolute Gasteiger partial charge is 0.490 e. The van der Waals surface area contributed by atoms with E-state index in [9.17, 15) is 4.79 Å². The summed E-state index contributed by atoms with van der Waals surface area (Å²) in [6.07, 6.45) is 2.91. The number of ether oxygens (including phenoxy) is 2. The molecule has 0 aliphatic heterocycles. The van der Waals surface area contributed by atoms with Crippen molar-refractivity contribution in [2.24, 2.45) is 0 Å². The van der Waals surface area contributed by atoms with Gasteiger partial charge in [0.1, 0.15) is 12.4 Å². The Morgan fingerprint density at radius 1 is 1.29 bits per heavy atom. The summed E-state index contributed by atoms with van der Waals surface area (Å²) in [6, 6.07) is 4.97. The first-order chi connectivity index (χ1) is 8.27. The SMILES string of the molecule is CCCCOCCOc1ccc(Cl)cc1C=O. The first kappa shape index (κ1) is 14.0. The molecule has 94 valence electrons. The van der Waals surface area contributed by atoms with Gasteiger partial charge in [0.15, 0.2) is 6.29 Å². The van der Waals surface area contributed by atoms with E-state index in [4.69, 9.17) is 21.1 Å². The maximum atomic E-state index is 10.8. The predicted molar refractivity (Wildman–Crippen MR) is 68.1 cm³/mol. The Morgan fingerprint density at radius 3 is 2.82 bits per heavy atom. The molecule has 0 atom stereocenters. The van der Waals surface area contributed by atoms with Crippen LogP contribution in [0.2, 0.25) is 5.02 Å². The van der Waals surface area contributed by atoms with E-state index in [-0.39, 0.29) is 0 Å². The van der Waals surface area contributed by atoms with E-state index >= 15 is 0 Å². The highest BCUT2D eigenvalue weighted by molar-refractivity contribution is 6.30. The van der Waals surface area contributed by atoms with Crippen LogP contribution >= 0.6 is 11.6 Å². The van der Waals surface area contributed by atoms with Gasteiger partial charge in [-0.15, -0.1) is 0 Å². The molecule has 4 heteroatoms. The Kier molecular flexibility index (Phi) is 6.67. The van der Waals surface area contributed by atoms with E-state index in [1.807, 2.05) is 0 Å². The average Bonchev–Trinajstić information content (AvgIpc) is 2.35. The highest BCUT2D eigenvalue weighted by atomic mass is 35.5. The van der Waals surface area contributed by atoms with Gasteiger partial charge < -0.3 is 9.47 Å². The molecule has 0 aromatic heterocycles. The fourth-order valence-electron chi connectivity index (χ4n) is 1.30. The molecular weight excluding hydrogens is 240 g/mol. The van der Waals surface area contributed by atoms with E-state index in [1.165, 1.54) is 0 Å². The lowest BCUT2D eigenvalue weighted by Crippen LogP contribution is -2.08. The third-order valence-electron chi connectivity index (χ3n) is 2.23. The van der Waals surface area contributed by atoms with E-state index in [0.29, 0.717) is 29.5 Å². The molecule has 0 N–H and O–H groups in total. The molecule has 0 aliphatic carbocycles. The summed E-state index contributed by atoms with van der Waals surface area (Å²) < 4.78 is 10.8. The number of halogens is 1. The quantitative estimate of drug-likeness (QED) is 0.529. The van der Waals surface area contributed by atoms with Crippen LogP contribution in [0.25, 0.3) is 0 Å². The third kappa shape index (κ3) is 5.20. The van der Waals surface area contributed by atoms with Crippen molar-refractivity contribution in [1.82, 2.24) is 0 Å². The smallest absolute Gasteiger partial charge is 0.153 e. The van der Waals surface area contributed by atoms with Crippen LogP contribution in [0.4, 0.5) is 0 Å². The van der Waals surface area contributed by atoms with Gasteiger partial charge in [-0.05, 0) is 24.6 Å². The van der Waals surface area contributed by atoms with Crippen LogP contribution in [0.15, 0.2) is 18.2 Å². The molecule has 0 saturated carbocycles. The summed E-state index contributed by atoms with van der Waals surface area (Å²) in [5.41, 5.74) is 0.464. The van der Waals surface area contributed by atoms with Crippen LogP contribution in [-0.4, -0.2) is 26.1 Å². The normalized spacial score (nSPS) is 10.2. The Labute approximate surface area is 107 Å². The molecule has 1 aromatic rings. The van der Waals surface area contributed by atoms with Crippen molar-refractivity contribution < 1.29 is 14.3 Å². The number of rotatable bonds is 8. The number of hydrogen-bond donors (Lipinski definition) is 0. The molecule has 17 heavy (non-hydrogen) atoms. The van der Waals surface area contributed by atoms with Gasteiger partial charge in [-0.2, -0.15) is 0 Å². The Bertz CT molecular complexity index is 353. The predicted octanol–water partition coefficient (Wildman–Crippen LogP) is 3.35. The maximum absolute atomic E-state index is 10.8. The second-order valence-corrected chi connectivity index (χ2v) is 4.05. The summed E-state index contributed by atoms with van der Waals surface area (Å²) in [7, 11) is 0. The minimum atomic E-state index is 0.437. The van der Waals surface area contributed by atoms with Crippen molar-refractivity contribution in [3.8, 4) is 5.75 Å². The second kappa shape index (κ2) is 8.09. The summed E-state index contributed by atoms with van der Waals surface area (Å²) in [4.78, 5) is 10.8. The van der Waals surface area contributed by atoms with E-state index in [1.54, 1.807) is 18.2 Å². The number of carbonyl (C=O) groups is 1. The van der Waals surface area contributed by atoms with Gasteiger partial charge in [-0.25, -0.2) is 0 Å². The molecular formula is C13H17ClO3. The number of carbonyl (C=O) groups excluding carboxylic acids is 1. The topological polar surface area (TPSA) is 35.5 Å². The Hall–Kier alpha value is -1.06. The van der Waals surface area contributed by atoms with Crippen molar-refractivity contribution in [2.45, 2.75) is 19.8 Å². The van der Waals surface area contributed by atoms with Crippen LogP contribution in [0.5, 0.6) is 5.75 Å².